The molecule has 2 rings (SSSR count). The maximum atomic E-state index is 10.1. The van der Waals surface area contributed by atoms with E-state index in [1.807, 2.05) is 20.8 Å². The van der Waals surface area contributed by atoms with Crippen LogP contribution in [0.1, 0.15) is 51.9 Å². The summed E-state index contributed by atoms with van der Waals surface area (Å²) in [5.41, 5.74) is 3.02. The van der Waals surface area contributed by atoms with Gasteiger partial charge in [0.1, 0.15) is 0 Å². The first-order valence-electron chi connectivity index (χ1n) is 8.52. The average Bonchev–Trinajstić information content (AvgIpc) is 2.49. The Kier molecular flexibility index (Phi) is 7.30. The lowest BCUT2D eigenvalue weighted by Gasteiger charge is -2.38. The molecular weight excluding hydrogens is 274 g/mol. The van der Waals surface area contributed by atoms with E-state index in [1.54, 1.807) is 0 Å². The predicted octanol–water partition coefficient (Wildman–Crippen LogP) is 3.08. The Hall–Kier alpha value is -1.13. The summed E-state index contributed by atoms with van der Waals surface area (Å²) in [6.45, 7) is 10.7. The molecule has 0 unspecified atom stereocenters. The predicted molar refractivity (Wildman–Crippen MR) is 94.4 cm³/mol. The summed E-state index contributed by atoms with van der Waals surface area (Å²) >= 11 is 0. The van der Waals surface area contributed by atoms with Gasteiger partial charge in [-0.15, -0.1) is 0 Å². The lowest BCUT2D eigenvalue weighted by Crippen LogP contribution is -2.43. The highest BCUT2D eigenvalue weighted by molar-refractivity contribution is 5.51. The summed E-state index contributed by atoms with van der Waals surface area (Å²) in [6, 6.07) is 4.33. The average molecular weight is 307 g/mol. The molecule has 0 saturated carbocycles. The number of hydrogen-bond donors (Lipinski definition) is 1. The van der Waals surface area contributed by atoms with Gasteiger partial charge in [0.25, 0.3) is 0 Å². The molecule has 0 bridgehead atoms. The third-order valence-electron chi connectivity index (χ3n) is 4.02. The third-order valence-corrected chi connectivity index (χ3v) is 4.02. The fourth-order valence-electron chi connectivity index (χ4n) is 2.67. The van der Waals surface area contributed by atoms with Crippen molar-refractivity contribution in [3.8, 4) is 0 Å². The van der Waals surface area contributed by atoms with Gasteiger partial charge in [-0.3, -0.25) is 4.98 Å². The summed E-state index contributed by atoms with van der Waals surface area (Å²) in [7, 11) is 4.15. The van der Waals surface area contributed by atoms with E-state index in [2.05, 4.69) is 43.0 Å². The number of rotatable bonds is 4. The van der Waals surface area contributed by atoms with Crippen molar-refractivity contribution in [3.63, 3.8) is 0 Å². The van der Waals surface area contributed by atoms with Crippen LogP contribution >= 0.6 is 0 Å². The Morgan fingerprint density at radius 1 is 1.23 bits per heavy atom. The highest BCUT2D eigenvalue weighted by Crippen LogP contribution is 2.28. The maximum absolute atomic E-state index is 10.1. The van der Waals surface area contributed by atoms with E-state index in [0.717, 1.165) is 50.3 Å². The molecule has 0 spiro atoms. The Morgan fingerprint density at radius 3 is 2.32 bits per heavy atom. The molecule has 1 aromatic heterocycles. The highest BCUT2D eigenvalue weighted by atomic mass is 16.3. The number of aliphatic hydroxyl groups is 1. The van der Waals surface area contributed by atoms with Crippen LogP contribution in [-0.2, 0) is 13.0 Å². The summed E-state index contributed by atoms with van der Waals surface area (Å²) in [5.74, 6) is 0. The number of anilines is 1. The molecule has 0 aromatic carbocycles. The highest BCUT2D eigenvalue weighted by Gasteiger charge is 2.28. The quantitative estimate of drug-likeness (QED) is 0.928. The minimum Gasteiger partial charge on any atom is -0.390 e. The van der Waals surface area contributed by atoms with Crippen LogP contribution < -0.4 is 4.90 Å². The number of aryl methyl sites for hydroxylation is 1. The standard InChI is InChI=1S/C16H27N3O.C2H6/c1-5-13-6-7-15(14(17-13)12-18(3)4)19-10-8-16(2,20)9-11-19;1-2/h6-7,20H,5,8-12H2,1-4H3;1-2H3. The van der Waals surface area contributed by atoms with Crippen LogP contribution in [0.3, 0.4) is 0 Å². The van der Waals surface area contributed by atoms with Gasteiger partial charge in [-0.05, 0) is 52.4 Å². The molecule has 0 radical (unpaired) electrons. The molecule has 0 aliphatic carbocycles. The third kappa shape index (κ3) is 5.25. The number of piperidine rings is 1. The molecule has 1 N–H and O–H groups in total. The SMILES string of the molecule is CC.CCc1ccc(N2CCC(C)(O)CC2)c(CN(C)C)n1. The first kappa shape index (κ1) is 18.9. The van der Waals surface area contributed by atoms with Crippen LogP contribution in [-0.4, -0.2) is 47.8 Å². The molecule has 126 valence electrons. The van der Waals surface area contributed by atoms with Gasteiger partial charge in [0.05, 0.1) is 17.0 Å². The molecule has 4 heteroatoms. The first-order chi connectivity index (χ1) is 10.4. The van der Waals surface area contributed by atoms with E-state index in [9.17, 15) is 5.11 Å². The Bertz CT molecular complexity index is 448. The Balaban J connectivity index is 0.00000116. The first-order valence-corrected chi connectivity index (χ1v) is 8.52. The molecular formula is C18H33N3O. The molecule has 0 atom stereocenters. The molecule has 1 aliphatic rings. The van der Waals surface area contributed by atoms with Crippen LogP contribution in [0.4, 0.5) is 5.69 Å². The van der Waals surface area contributed by atoms with Crippen LogP contribution in [0.15, 0.2) is 12.1 Å². The van der Waals surface area contributed by atoms with Gasteiger partial charge in [0, 0.05) is 25.3 Å². The zero-order valence-corrected chi connectivity index (χ0v) is 15.2. The molecule has 22 heavy (non-hydrogen) atoms. The molecule has 1 aromatic rings. The second-order valence-electron chi connectivity index (χ2n) is 6.34. The minimum atomic E-state index is -0.505. The van der Waals surface area contributed by atoms with Crippen molar-refractivity contribution in [3.05, 3.63) is 23.5 Å². The van der Waals surface area contributed by atoms with Crippen molar-refractivity contribution < 1.29 is 5.11 Å². The molecule has 0 amide bonds. The van der Waals surface area contributed by atoms with Crippen LogP contribution in [0, 0.1) is 0 Å². The zero-order chi connectivity index (χ0) is 16.8. The van der Waals surface area contributed by atoms with Gasteiger partial charge < -0.3 is 14.9 Å². The van der Waals surface area contributed by atoms with Crippen molar-refractivity contribution in [2.45, 2.75) is 59.1 Å². The zero-order valence-electron chi connectivity index (χ0n) is 15.2. The van der Waals surface area contributed by atoms with Gasteiger partial charge in [0.2, 0.25) is 0 Å². The normalized spacial score (nSPS) is 17.2. The van der Waals surface area contributed by atoms with Gasteiger partial charge >= 0.3 is 0 Å². The molecule has 1 saturated heterocycles. The van der Waals surface area contributed by atoms with Crippen molar-refractivity contribution in [1.82, 2.24) is 9.88 Å². The number of pyridine rings is 1. The van der Waals surface area contributed by atoms with Gasteiger partial charge in [-0.1, -0.05) is 20.8 Å². The summed E-state index contributed by atoms with van der Waals surface area (Å²) in [5, 5.41) is 10.1. The van der Waals surface area contributed by atoms with Crippen LogP contribution in [0.5, 0.6) is 0 Å². The van der Waals surface area contributed by atoms with Crippen molar-refractivity contribution in [2.24, 2.45) is 0 Å². The Labute approximate surface area is 136 Å². The fourth-order valence-corrected chi connectivity index (χ4v) is 2.67. The van der Waals surface area contributed by atoms with E-state index in [4.69, 9.17) is 4.98 Å². The smallest absolute Gasteiger partial charge is 0.0779 e. The number of nitrogens with zero attached hydrogens (tertiary/aromatic N) is 3. The van der Waals surface area contributed by atoms with E-state index in [-0.39, 0.29) is 0 Å². The lowest BCUT2D eigenvalue weighted by molar-refractivity contribution is 0.0351. The van der Waals surface area contributed by atoms with E-state index < -0.39 is 5.60 Å². The summed E-state index contributed by atoms with van der Waals surface area (Å²) in [6.07, 6.45) is 2.61. The van der Waals surface area contributed by atoms with Crippen LogP contribution in [0.2, 0.25) is 0 Å². The monoisotopic (exact) mass is 307 g/mol. The molecule has 1 fully saturated rings. The molecule has 4 nitrogen and oxygen atoms in total. The van der Waals surface area contributed by atoms with Gasteiger partial charge in [0.15, 0.2) is 0 Å². The van der Waals surface area contributed by atoms with Gasteiger partial charge in [-0.2, -0.15) is 0 Å². The molecule has 1 aliphatic heterocycles. The van der Waals surface area contributed by atoms with Crippen LogP contribution in [0.25, 0.3) is 0 Å². The van der Waals surface area contributed by atoms with E-state index in [1.165, 1.54) is 5.69 Å². The number of aromatic nitrogens is 1. The maximum Gasteiger partial charge on any atom is 0.0779 e. The number of hydrogen-bond acceptors (Lipinski definition) is 4. The Morgan fingerprint density at radius 2 is 1.82 bits per heavy atom. The largest absolute Gasteiger partial charge is 0.390 e. The topological polar surface area (TPSA) is 39.6 Å². The van der Waals surface area contributed by atoms with Gasteiger partial charge in [-0.25, -0.2) is 0 Å². The second kappa shape index (κ2) is 8.49. The lowest BCUT2D eigenvalue weighted by atomic mass is 9.93. The van der Waals surface area contributed by atoms with Crippen molar-refractivity contribution in [1.29, 1.82) is 0 Å². The second-order valence-corrected chi connectivity index (χ2v) is 6.34. The summed E-state index contributed by atoms with van der Waals surface area (Å²) < 4.78 is 0. The van der Waals surface area contributed by atoms with Crippen molar-refractivity contribution in [2.75, 3.05) is 32.1 Å². The minimum absolute atomic E-state index is 0.505. The van der Waals surface area contributed by atoms with E-state index >= 15 is 0 Å². The summed E-state index contributed by atoms with van der Waals surface area (Å²) in [4.78, 5) is 9.32. The molecule has 2 heterocycles. The van der Waals surface area contributed by atoms with E-state index in [0.29, 0.717) is 0 Å². The fraction of sp³-hybridized carbons (Fsp3) is 0.722. The van der Waals surface area contributed by atoms with Crippen molar-refractivity contribution >= 4 is 5.69 Å².